The Morgan fingerprint density at radius 2 is 2.50 bits per heavy atom. The van der Waals surface area contributed by atoms with E-state index in [-0.39, 0.29) is 4.95 Å². The zero-order valence-electron chi connectivity index (χ0n) is 3.56. The Labute approximate surface area is 45.6 Å². The van der Waals surface area contributed by atoms with E-state index in [4.69, 9.17) is 5.73 Å². The van der Waals surface area contributed by atoms with Gasteiger partial charge in [0.1, 0.15) is 0 Å². The van der Waals surface area contributed by atoms with Gasteiger partial charge in [0.25, 0.3) is 0 Å². The van der Waals surface area contributed by atoms with Gasteiger partial charge in [0.2, 0.25) is 0 Å². The molecule has 6 heavy (non-hydrogen) atoms. The fraction of sp³-hybridized carbons (Fsp3) is 0.667. The van der Waals surface area contributed by atoms with Crippen molar-refractivity contribution in [1.29, 1.82) is 0 Å². The molecule has 36 valence electrons. The van der Waals surface area contributed by atoms with Crippen molar-refractivity contribution in [2.45, 2.75) is 4.95 Å². The molecule has 0 radical (unpaired) electrons. The Bertz CT molecular complexity index is 50.8. The van der Waals surface area contributed by atoms with Crippen LogP contribution in [0.15, 0.2) is 4.99 Å². The molecule has 0 saturated heterocycles. The van der Waals surface area contributed by atoms with Crippen LogP contribution >= 0.6 is 15.9 Å². The van der Waals surface area contributed by atoms with Crippen molar-refractivity contribution >= 4 is 22.1 Å². The van der Waals surface area contributed by atoms with E-state index in [0.717, 1.165) is 0 Å². The zero-order chi connectivity index (χ0) is 4.99. The first-order valence-corrected chi connectivity index (χ1v) is 2.51. The number of hydrogen-bond acceptors (Lipinski definition) is 2. The van der Waals surface area contributed by atoms with Crippen LogP contribution in [0.3, 0.4) is 0 Å². The van der Waals surface area contributed by atoms with Crippen molar-refractivity contribution < 1.29 is 0 Å². The predicted octanol–water partition coefficient (Wildman–Crippen LogP) is 0.367. The van der Waals surface area contributed by atoms with Gasteiger partial charge in [-0.2, -0.15) is 0 Å². The van der Waals surface area contributed by atoms with E-state index < -0.39 is 0 Å². The van der Waals surface area contributed by atoms with Gasteiger partial charge in [-0.3, -0.25) is 4.99 Å². The van der Waals surface area contributed by atoms with Crippen LogP contribution in [0, 0.1) is 0 Å². The third-order valence-electron chi connectivity index (χ3n) is 0.291. The van der Waals surface area contributed by atoms with Crippen LogP contribution in [0.2, 0.25) is 0 Å². The van der Waals surface area contributed by atoms with Gasteiger partial charge in [-0.25, -0.2) is 0 Å². The molecule has 0 aromatic heterocycles. The molecule has 1 unspecified atom stereocenters. The second kappa shape index (κ2) is 3.31. The Kier molecular flexibility index (Phi) is 3.37. The number of nitrogens with two attached hydrogens (primary N) is 1. The largest absolute Gasteiger partial charge is 0.314 e. The molecule has 2 N–H and O–H groups in total. The van der Waals surface area contributed by atoms with E-state index in [1.54, 1.807) is 13.3 Å². The Hall–Kier alpha value is 0.110. The summed E-state index contributed by atoms with van der Waals surface area (Å²) < 4.78 is 0. The molecule has 0 aliphatic carbocycles. The van der Waals surface area contributed by atoms with Gasteiger partial charge in [0, 0.05) is 13.3 Å². The van der Waals surface area contributed by atoms with Gasteiger partial charge in [0.15, 0.2) is 0 Å². The third kappa shape index (κ3) is 4.11. The number of halogens is 1. The number of aliphatic imine (C=N–C) groups is 1. The molecule has 0 amide bonds. The van der Waals surface area contributed by atoms with Gasteiger partial charge in [-0.15, -0.1) is 0 Å². The molecule has 0 aliphatic rings. The standard InChI is InChI=1S/C3H7BrN2/c1-6-2-3(4)5/h2-3H,5H2,1H3. The molecular weight excluding hydrogens is 144 g/mol. The molecule has 0 heterocycles. The summed E-state index contributed by atoms with van der Waals surface area (Å²) in [4.78, 5) is 3.56. The second-order valence-electron chi connectivity index (χ2n) is 0.852. The molecule has 0 aromatic carbocycles. The van der Waals surface area contributed by atoms with E-state index in [1.807, 2.05) is 0 Å². The van der Waals surface area contributed by atoms with Gasteiger partial charge in [0.05, 0.1) is 4.95 Å². The van der Waals surface area contributed by atoms with Crippen LogP contribution in [-0.2, 0) is 0 Å². The molecule has 0 rings (SSSR count). The number of alkyl halides is 1. The third-order valence-corrected chi connectivity index (χ3v) is 0.528. The first-order valence-electron chi connectivity index (χ1n) is 1.59. The lowest BCUT2D eigenvalue weighted by Gasteiger charge is -1.84. The molecule has 0 spiro atoms. The summed E-state index contributed by atoms with van der Waals surface area (Å²) in [6.45, 7) is 0. The average Bonchev–Trinajstić information content (AvgIpc) is 1.35. The van der Waals surface area contributed by atoms with Gasteiger partial charge in [-0.1, -0.05) is 15.9 Å². The molecule has 0 aromatic rings. The van der Waals surface area contributed by atoms with E-state index >= 15 is 0 Å². The summed E-state index contributed by atoms with van der Waals surface area (Å²) in [7, 11) is 1.68. The smallest absolute Gasteiger partial charge is 0.0959 e. The van der Waals surface area contributed by atoms with Crippen LogP contribution in [0.25, 0.3) is 0 Å². The average molecular weight is 151 g/mol. The summed E-state index contributed by atoms with van der Waals surface area (Å²) in [6, 6.07) is 0. The van der Waals surface area contributed by atoms with Crippen molar-refractivity contribution in [3.63, 3.8) is 0 Å². The Morgan fingerprint density at radius 1 is 2.00 bits per heavy atom. The van der Waals surface area contributed by atoms with Gasteiger partial charge >= 0.3 is 0 Å². The summed E-state index contributed by atoms with van der Waals surface area (Å²) in [5.41, 5.74) is 5.17. The highest BCUT2D eigenvalue weighted by Crippen LogP contribution is 1.81. The summed E-state index contributed by atoms with van der Waals surface area (Å²) in [5.74, 6) is 0. The maximum Gasteiger partial charge on any atom is 0.0959 e. The lowest BCUT2D eigenvalue weighted by molar-refractivity contribution is 1.25. The Balaban J connectivity index is 3.03. The van der Waals surface area contributed by atoms with Crippen LogP contribution in [0.1, 0.15) is 0 Å². The van der Waals surface area contributed by atoms with E-state index in [0.29, 0.717) is 0 Å². The van der Waals surface area contributed by atoms with Crippen molar-refractivity contribution in [3.05, 3.63) is 0 Å². The molecular formula is C3H7BrN2. The monoisotopic (exact) mass is 150 g/mol. The van der Waals surface area contributed by atoms with Crippen molar-refractivity contribution in [3.8, 4) is 0 Å². The minimum atomic E-state index is -0.0810. The number of nitrogens with zero attached hydrogens (tertiary/aromatic N) is 1. The number of hydrogen-bond donors (Lipinski definition) is 1. The van der Waals surface area contributed by atoms with E-state index in [9.17, 15) is 0 Å². The topological polar surface area (TPSA) is 38.4 Å². The highest BCUT2D eigenvalue weighted by atomic mass is 79.9. The zero-order valence-corrected chi connectivity index (χ0v) is 5.14. The minimum absolute atomic E-state index is 0.0810. The molecule has 1 atom stereocenters. The summed E-state index contributed by atoms with van der Waals surface area (Å²) >= 11 is 3.06. The Morgan fingerprint density at radius 3 is 2.50 bits per heavy atom. The molecule has 3 heteroatoms. The molecule has 0 fully saturated rings. The maximum atomic E-state index is 5.17. The lowest BCUT2D eigenvalue weighted by Crippen LogP contribution is -2.11. The molecule has 0 saturated carbocycles. The van der Waals surface area contributed by atoms with Crippen LogP contribution in [-0.4, -0.2) is 18.2 Å². The van der Waals surface area contributed by atoms with Crippen LogP contribution in [0.4, 0.5) is 0 Å². The van der Waals surface area contributed by atoms with Crippen molar-refractivity contribution in [2.75, 3.05) is 7.05 Å². The van der Waals surface area contributed by atoms with Crippen LogP contribution in [0.5, 0.6) is 0 Å². The summed E-state index contributed by atoms with van der Waals surface area (Å²) in [6.07, 6.45) is 1.61. The summed E-state index contributed by atoms with van der Waals surface area (Å²) in [5, 5.41) is 0. The minimum Gasteiger partial charge on any atom is -0.314 e. The van der Waals surface area contributed by atoms with Gasteiger partial charge in [-0.05, 0) is 0 Å². The lowest BCUT2D eigenvalue weighted by atomic mass is 10.7. The first-order chi connectivity index (χ1) is 2.77. The molecule has 2 nitrogen and oxygen atoms in total. The fourth-order valence-electron chi connectivity index (χ4n) is 0.142. The molecule has 0 aliphatic heterocycles. The maximum absolute atomic E-state index is 5.17. The quantitative estimate of drug-likeness (QED) is 0.328. The normalized spacial score (nSPS) is 15.8. The SMILES string of the molecule is CN=CC(N)Br. The predicted molar refractivity (Wildman–Crippen MR) is 31.3 cm³/mol. The second-order valence-corrected chi connectivity index (χ2v) is 1.91. The highest BCUT2D eigenvalue weighted by molar-refractivity contribution is 9.09. The van der Waals surface area contributed by atoms with E-state index in [1.165, 1.54) is 0 Å². The fourth-order valence-corrected chi connectivity index (χ4v) is 0.379. The van der Waals surface area contributed by atoms with E-state index in [2.05, 4.69) is 20.9 Å². The highest BCUT2D eigenvalue weighted by Gasteiger charge is 1.80. The number of rotatable bonds is 1. The van der Waals surface area contributed by atoms with Crippen LogP contribution < -0.4 is 5.73 Å². The molecule has 0 bridgehead atoms. The van der Waals surface area contributed by atoms with Crippen molar-refractivity contribution in [2.24, 2.45) is 10.7 Å². The first kappa shape index (κ1) is 6.11. The van der Waals surface area contributed by atoms with Crippen molar-refractivity contribution in [1.82, 2.24) is 0 Å². The van der Waals surface area contributed by atoms with Gasteiger partial charge < -0.3 is 5.73 Å².